The van der Waals surface area contributed by atoms with E-state index < -0.39 is 11.9 Å². The third-order valence-electron chi connectivity index (χ3n) is 3.11. The number of carbonyl (C=O) groups excluding carboxylic acids is 2. The van der Waals surface area contributed by atoms with Crippen LogP contribution in [0.5, 0.6) is 0 Å². The van der Waals surface area contributed by atoms with Crippen molar-refractivity contribution in [2.75, 3.05) is 18.9 Å². The van der Waals surface area contributed by atoms with Crippen LogP contribution in [0.4, 0.5) is 5.82 Å². The first-order chi connectivity index (χ1) is 13.4. The summed E-state index contributed by atoms with van der Waals surface area (Å²) in [6.45, 7) is 4.03. The molecule has 0 bridgehead atoms. The number of nitrogens with two attached hydrogens (primary N) is 1. The van der Waals surface area contributed by atoms with Crippen molar-refractivity contribution in [1.29, 1.82) is 0 Å². The van der Waals surface area contributed by atoms with Gasteiger partial charge in [-0.25, -0.2) is 19.1 Å². The summed E-state index contributed by atoms with van der Waals surface area (Å²) in [6.07, 6.45) is 3.16. The maximum atomic E-state index is 11.5. The number of hydrogen-bond donors (Lipinski definition) is 1. The lowest BCUT2D eigenvalue weighted by Crippen LogP contribution is -2.10. The van der Waals surface area contributed by atoms with Crippen LogP contribution in [0.15, 0.2) is 24.5 Å². The number of hydrogen-bond acceptors (Lipinski definition) is 9. The Labute approximate surface area is 169 Å². The summed E-state index contributed by atoms with van der Waals surface area (Å²) in [5.41, 5.74) is 6.29. The van der Waals surface area contributed by atoms with Crippen LogP contribution in [0, 0.1) is 0 Å². The molecule has 0 aromatic carbocycles. The fourth-order valence-corrected chi connectivity index (χ4v) is 2.33. The molecule has 148 valence electrons. The molecule has 0 aliphatic rings. The zero-order valence-electron chi connectivity index (χ0n) is 14.9. The van der Waals surface area contributed by atoms with E-state index in [-0.39, 0.29) is 28.3 Å². The topological polar surface area (TPSA) is 135 Å². The van der Waals surface area contributed by atoms with Gasteiger partial charge in [0.15, 0.2) is 21.8 Å². The highest BCUT2D eigenvalue weighted by Crippen LogP contribution is 2.14. The number of ether oxygens (including phenoxy) is 2. The number of esters is 2. The van der Waals surface area contributed by atoms with Crippen LogP contribution >= 0.6 is 23.2 Å². The molecule has 3 aromatic heterocycles. The van der Waals surface area contributed by atoms with Crippen molar-refractivity contribution in [3.05, 3.63) is 46.0 Å². The standard InChI is InChI=1S/C9H8ClN3O2.C7H8ClN3O2/c1-2-15-9(14)6-5-7(10)12-13-4-3-11-8(6)13;1-2-13-7(12)4-3-5(8)10-11-6(4)9/h3-5H,2H2,1H3;3H,2H2,1H3,(H2,9,11). The van der Waals surface area contributed by atoms with Gasteiger partial charge in [-0.2, -0.15) is 5.10 Å². The molecule has 12 heteroatoms. The summed E-state index contributed by atoms with van der Waals surface area (Å²) in [4.78, 5) is 26.7. The van der Waals surface area contributed by atoms with Gasteiger partial charge in [0.05, 0.1) is 13.2 Å². The number of nitrogen functional groups attached to an aromatic ring is 1. The Bertz CT molecular complexity index is 994. The van der Waals surface area contributed by atoms with E-state index in [9.17, 15) is 9.59 Å². The summed E-state index contributed by atoms with van der Waals surface area (Å²) in [5.74, 6) is -0.974. The van der Waals surface area contributed by atoms with Gasteiger partial charge in [0.25, 0.3) is 0 Å². The third kappa shape index (κ3) is 5.27. The van der Waals surface area contributed by atoms with Gasteiger partial charge in [-0.1, -0.05) is 23.2 Å². The van der Waals surface area contributed by atoms with Gasteiger partial charge in [0, 0.05) is 12.4 Å². The van der Waals surface area contributed by atoms with E-state index in [2.05, 4.69) is 20.3 Å². The van der Waals surface area contributed by atoms with Crippen molar-refractivity contribution >= 4 is 46.6 Å². The van der Waals surface area contributed by atoms with Gasteiger partial charge in [-0.15, -0.1) is 10.2 Å². The van der Waals surface area contributed by atoms with Crippen molar-refractivity contribution in [2.24, 2.45) is 0 Å². The smallest absolute Gasteiger partial charge is 0.342 e. The molecule has 0 unspecified atom stereocenters. The second-order valence-corrected chi connectivity index (χ2v) is 5.76. The van der Waals surface area contributed by atoms with Crippen LogP contribution in [0.1, 0.15) is 34.6 Å². The highest BCUT2D eigenvalue weighted by atomic mass is 35.5. The van der Waals surface area contributed by atoms with E-state index in [0.29, 0.717) is 17.8 Å². The van der Waals surface area contributed by atoms with Crippen molar-refractivity contribution in [3.63, 3.8) is 0 Å². The zero-order chi connectivity index (χ0) is 20.7. The number of aromatic nitrogens is 5. The van der Waals surface area contributed by atoms with Crippen molar-refractivity contribution in [1.82, 2.24) is 24.8 Å². The van der Waals surface area contributed by atoms with Crippen LogP contribution < -0.4 is 5.73 Å². The maximum absolute atomic E-state index is 11.5. The van der Waals surface area contributed by atoms with Crippen LogP contribution in [0.2, 0.25) is 10.3 Å². The van der Waals surface area contributed by atoms with E-state index in [4.69, 9.17) is 38.4 Å². The molecule has 28 heavy (non-hydrogen) atoms. The van der Waals surface area contributed by atoms with Gasteiger partial charge >= 0.3 is 11.9 Å². The number of rotatable bonds is 4. The number of anilines is 1. The number of halogens is 2. The first-order valence-electron chi connectivity index (χ1n) is 8.00. The van der Waals surface area contributed by atoms with E-state index in [1.807, 2.05) is 0 Å². The number of carbonyl (C=O) groups is 2. The van der Waals surface area contributed by atoms with Gasteiger partial charge in [-0.05, 0) is 26.0 Å². The fraction of sp³-hybridized carbons (Fsp3) is 0.250. The summed E-state index contributed by atoms with van der Waals surface area (Å²) in [5, 5.41) is 11.2. The predicted octanol–water partition coefficient (Wildman–Crippen LogP) is 2.45. The second kappa shape index (κ2) is 9.81. The normalized spacial score (nSPS) is 10.1. The van der Waals surface area contributed by atoms with Gasteiger partial charge < -0.3 is 15.2 Å². The molecular weight excluding hydrogens is 411 g/mol. The lowest BCUT2D eigenvalue weighted by atomic mass is 10.3. The third-order valence-corrected chi connectivity index (χ3v) is 3.48. The predicted molar refractivity (Wildman–Crippen MR) is 101 cm³/mol. The zero-order valence-corrected chi connectivity index (χ0v) is 16.4. The molecule has 3 rings (SSSR count). The van der Waals surface area contributed by atoms with E-state index in [1.54, 1.807) is 26.2 Å². The molecule has 2 N–H and O–H groups in total. The second-order valence-electron chi connectivity index (χ2n) is 4.98. The molecule has 0 saturated carbocycles. The summed E-state index contributed by atoms with van der Waals surface area (Å²) < 4.78 is 11.0. The Morgan fingerprint density at radius 3 is 2.29 bits per heavy atom. The van der Waals surface area contributed by atoms with E-state index in [1.165, 1.54) is 16.6 Å². The monoisotopic (exact) mass is 426 g/mol. The van der Waals surface area contributed by atoms with E-state index in [0.717, 1.165) is 0 Å². The Hall–Kier alpha value is -2.98. The molecule has 3 aromatic rings. The Balaban J connectivity index is 0.000000203. The number of imidazole rings is 1. The Morgan fingerprint density at radius 1 is 1.04 bits per heavy atom. The van der Waals surface area contributed by atoms with Gasteiger partial charge in [0.2, 0.25) is 0 Å². The van der Waals surface area contributed by atoms with E-state index >= 15 is 0 Å². The minimum absolute atomic E-state index is 0.0165. The molecule has 3 heterocycles. The average Bonchev–Trinajstić information content (AvgIpc) is 3.12. The molecule has 0 fully saturated rings. The molecule has 0 atom stereocenters. The molecule has 0 radical (unpaired) electrons. The quantitative estimate of drug-likeness (QED) is 0.623. The average molecular weight is 427 g/mol. The number of nitrogens with zero attached hydrogens (tertiary/aromatic N) is 5. The molecule has 0 aliphatic carbocycles. The Kier molecular flexibility index (Phi) is 7.47. The molecule has 0 amide bonds. The minimum Gasteiger partial charge on any atom is -0.462 e. The van der Waals surface area contributed by atoms with Crippen LogP contribution in [-0.2, 0) is 9.47 Å². The lowest BCUT2D eigenvalue weighted by Gasteiger charge is -2.03. The SMILES string of the molecule is CCOC(=O)c1cc(Cl)nn2ccnc12.CCOC(=O)c1cc(Cl)nnc1N. The minimum atomic E-state index is -0.545. The number of fused-ring (bicyclic) bond motifs is 1. The molecular formula is C16H16Cl2N6O4. The van der Waals surface area contributed by atoms with Gasteiger partial charge in [0.1, 0.15) is 11.1 Å². The lowest BCUT2D eigenvalue weighted by molar-refractivity contribution is 0.0517. The largest absolute Gasteiger partial charge is 0.462 e. The summed E-state index contributed by atoms with van der Waals surface area (Å²) in [6, 6.07) is 2.77. The van der Waals surface area contributed by atoms with Crippen molar-refractivity contribution in [3.8, 4) is 0 Å². The highest BCUT2D eigenvalue weighted by molar-refractivity contribution is 6.30. The molecule has 0 spiro atoms. The highest BCUT2D eigenvalue weighted by Gasteiger charge is 2.15. The molecule has 0 aliphatic heterocycles. The van der Waals surface area contributed by atoms with Crippen molar-refractivity contribution in [2.45, 2.75) is 13.8 Å². The molecule has 0 saturated heterocycles. The maximum Gasteiger partial charge on any atom is 0.342 e. The first-order valence-corrected chi connectivity index (χ1v) is 8.75. The first kappa shape index (κ1) is 21.3. The fourth-order valence-electron chi connectivity index (χ4n) is 1.99. The summed E-state index contributed by atoms with van der Waals surface area (Å²) in [7, 11) is 0. The van der Waals surface area contributed by atoms with Crippen molar-refractivity contribution < 1.29 is 19.1 Å². The van der Waals surface area contributed by atoms with Crippen LogP contribution in [0.25, 0.3) is 5.65 Å². The molecule has 10 nitrogen and oxygen atoms in total. The van der Waals surface area contributed by atoms with Crippen LogP contribution in [0.3, 0.4) is 0 Å². The van der Waals surface area contributed by atoms with Crippen LogP contribution in [-0.4, -0.2) is 49.9 Å². The van der Waals surface area contributed by atoms with Gasteiger partial charge in [-0.3, -0.25) is 0 Å². The Morgan fingerprint density at radius 2 is 1.64 bits per heavy atom. The summed E-state index contributed by atoms with van der Waals surface area (Å²) >= 11 is 11.3.